The quantitative estimate of drug-likeness (QED) is 0.274. The van der Waals surface area contributed by atoms with E-state index in [0.29, 0.717) is 13.0 Å². The van der Waals surface area contributed by atoms with Crippen molar-refractivity contribution in [2.75, 3.05) is 5.32 Å². The van der Waals surface area contributed by atoms with E-state index < -0.39 is 26.0 Å². The number of rotatable bonds is 9. The van der Waals surface area contributed by atoms with Crippen LogP contribution in [0.5, 0.6) is 11.5 Å². The van der Waals surface area contributed by atoms with Gasteiger partial charge in [0.15, 0.2) is 0 Å². The van der Waals surface area contributed by atoms with Gasteiger partial charge < -0.3 is 0 Å². The van der Waals surface area contributed by atoms with Crippen LogP contribution in [0.15, 0.2) is 72.8 Å². The minimum atomic E-state index is -5.36. The van der Waals surface area contributed by atoms with Crippen LogP contribution in [0.4, 0.5) is 5.69 Å². The van der Waals surface area contributed by atoms with Crippen LogP contribution in [-0.4, -0.2) is 35.3 Å². The number of phenolic OH excluding ortho intramolecular Hbond substituents is 1. The van der Waals surface area contributed by atoms with Gasteiger partial charge in [0.1, 0.15) is 0 Å². The molecule has 1 unspecified atom stereocenters. The Morgan fingerprint density at radius 3 is 2.31 bits per heavy atom. The number of phenols is 1. The third-order valence-corrected chi connectivity index (χ3v) is 8.15. The predicted octanol–water partition coefficient (Wildman–Crippen LogP) is 3.46. The molecule has 0 saturated carbocycles. The molecule has 0 saturated heterocycles. The zero-order chi connectivity index (χ0) is 26.3. The summed E-state index contributed by atoms with van der Waals surface area (Å²) in [5.41, 5.74) is 3.83. The first-order valence-corrected chi connectivity index (χ1v) is 14.5. The number of allylic oxidation sites excluding steroid dienone is 1. The number of hydrogen-bond donors (Lipinski definition) is 3. The second kappa shape index (κ2) is 11.8. The molecule has 36 heavy (non-hydrogen) atoms. The van der Waals surface area contributed by atoms with Gasteiger partial charge in [-0.15, -0.1) is 0 Å². The fraction of sp³-hybridized carbons (Fsp3) is 0.185. The van der Waals surface area contributed by atoms with Gasteiger partial charge in [-0.05, 0) is 0 Å². The van der Waals surface area contributed by atoms with E-state index in [-0.39, 0.29) is 15.8 Å². The van der Waals surface area contributed by atoms with Gasteiger partial charge in [-0.1, -0.05) is 30.3 Å². The average Bonchev–Trinajstić information content (AvgIpc) is 2.78. The SMILES string of the molecule is CC(=O)Nc1cc(O)ccc1[As](=O)(O)OC(=O)C=CCc1cc(C)c(OCc2ccccc2)c(C)c1. The topological polar surface area (TPSA) is 122 Å². The van der Waals surface area contributed by atoms with Crippen molar-refractivity contribution in [3.63, 3.8) is 0 Å². The van der Waals surface area contributed by atoms with Crippen molar-refractivity contribution in [3.8, 4) is 11.5 Å². The summed E-state index contributed by atoms with van der Waals surface area (Å²) in [6, 6.07) is 17.2. The molecule has 3 rings (SSSR count). The molecule has 1 amide bonds. The van der Waals surface area contributed by atoms with E-state index in [2.05, 4.69) is 5.32 Å². The van der Waals surface area contributed by atoms with Crippen LogP contribution in [0.2, 0.25) is 0 Å². The first-order chi connectivity index (χ1) is 17.0. The number of ether oxygens (including phenoxy) is 1. The molecule has 0 spiro atoms. The summed E-state index contributed by atoms with van der Waals surface area (Å²) < 4.78 is 33.7. The van der Waals surface area contributed by atoms with Gasteiger partial charge >= 0.3 is 182 Å². The summed E-state index contributed by atoms with van der Waals surface area (Å²) in [5.74, 6) is -0.909. The first-order valence-electron chi connectivity index (χ1n) is 11.2. The zero-order valence-electron chi connectivity index (χ0n) is 20.2. The van der Waals surface area contributed by atoms with Crippen molar-refractivity contribution in [1.29, 1.82) is 0 Å². The Labute approximate surface area is 212 Å². The number of nitrogens with one attached hydrogen (secondary N) is 1. The number of amides is 1. The van der Waals surface area contributed by atoms with Crippen LogP contribution in [-0.2, 0) is 30.1 Å². The van der Waals surface area contributed by atoms with Crippen molar-refractivity contribution in [2.45, 2.75) is 33.8 Å². The summed E-state index contributed by atoms with van der Waals surface area (Å²) >= 11 is -5.36. The van der Waals surface area contributed by atoms with Crippen molar-refractivity contribution in [2.24, 2.45) is 0 Å². The fourth-order valence-corrected chi connectivity index (χ4v) is 5.96. The normalized spacial score (nSPS) is 12.7. The molecule has 0 aliphatic rings. The van der Waals surface area contributed by atoms with Crippen LogP contribution in [0, 0.1) is 13.8 Å². The van der Waals surface area contributed by atoms with Crippen molar-refractivity contribution >= 4 is 36.1 Å². The predicted molar refractivity (Wildman–Crippen MR) is 136 cm³/mol. The average molecular weight is 553 g/mol. The second-order valence-corrected chi connectivity index (χ2v) is 11.8. The molecule has 0 aromatic heterocycles. The Bertz CT molecular complexity index is 1310. The van der Waals surface area contributed by atoms with Crippen molar-refractivity contribution in [1.82, 2.24) is 0 Å². The molecule has 0 heterocycles. The molecule has 0 fully saturated rings. The van der Waals surface area contributed by atoms with E-state index in [4.69, 9.17) is 8.46 Å². The number of benzene rings is 3. The van der Waals surface area contributed by atoms with Gasteiger partial charge in [0.25, 0.3) is 0 Å². The molecule has 0 bridgehead atoms. The van der Waals surface area contributed by atoms with E-state index in [1.165, 1.54) is 13.0 Å². The molecular formula is C27H28AsNO7. The Hall–Kier alpha value is -3.74. The van der Waals surface area contributed by atoms with E-state index >= 15 is 0 Å². The Morgan fingerprint density at radius 1 is 1.00 bits per heavy atom. The third kappa shape index (κ3) is 7.38. The first kappa shape index (κ1) is 26.9. The maximum absolute atomic E-state index is 12.8. The van der Waals surface area contributed by atoms with Gasteiger partial charge in [-0.25, -0.2) is 0 Å². The molecule has 8 nitrogen and oxygen atoms in total. The van der Waals surface area contributed by atoms with Crippen LogP contribution in [0.1, 0.15) is 29.2 Å². The van der Waals surface area contributed by atoms with E-state index in [0.717, 1.165) is 46.2 Å². The maximum atomic E-state index is 12.8. The fourth-order valence-electron chi connectivity index (χ4n) is 3.67. The van der Waals surface area contributed by atoms with E-state index in [9.17, 15) is 22.5 Å². The van der Waals surface area contributed by atoms with Crippen molar-refractivity contribution in [3.05, 3.63) is 95.1 Å². The summed E-state index contributed by atoms with van der Waals surface area (Å²) in [6.45, 7) is 5.57. The molecule has 3 N–H and O–H groups in total. The van der Waals surface area contributed by atoms with E-state index in [1.807, 2.05) is 56.3 Å². The summed E-state index contributed by atoms with van der Waals surface area (Å²) in [6.07, 6.45) is 3.03. The van der Waals surface area contributed by atoms with Crippen molar-refractivity contribution < 1.29 is 31.0 Å². The van der Waals surface area contributed by atoms with Gasteiger partial charge in [0.2, 0.25) is 0 Å². The molecule has 9 heteroatoms. The number of anilines is 1. The molecule has 1 atom stereocenters. The summed E-state index contributed by atoms with van der Waals surface area (Å²) in [5, 5.41) is 12.0. The summed E-state index contributed by atoms with van der Waals surface area (Å²) in [4.78, 5) is 23.6. The van der Waals surface area contributed by atoms with Crippen LogP contribution < -0.4 is 14.4 Å². The van der Waals surface area contributed by atoms with Gasteiger partial charge in [-0.2, -0.15) is 0 Å². The van der Waals surface area contributed by atoms with Crippen LogP contribution in [0.3, 0.4) is 0 Å². The molecule has 0 radical (unpaired) electrons. The minimum absolute atomic E-state index is 0.0928. The molecule has 3 aromatic rings. The molecular weight excluding hydrogens is 525 g/mol. The number of aromatic hydroxyl groups is 1. The Morgan fingerprint density at radius 2 is 1.67 bits per heavy atom. The monoisotopic (exact) mass is 553 g/mol. The number of carbonyl (C=O) groups is 2. The summed E-state index contributed by atoms with van der Waals surface area (Å²) in [7, 11) is 0. The van der Waals surface area contributed by atoms with Gasteiger partial charge in [0, 0.05) is 0 Å². The molecule has 188 valence electrons. The molecule has 0 aliphatic carbocycles. The van der Waals surface area contributed by atoms with Crippen LogP contribution in [0.25, 0.3) is 0 Å². The van der Waals surface area contributed by atoms with Gasteiger partial charge in [-0.3, -0.25) is 0 Å². The third-order valence-electron chi connectivity index (χ3n) is 5.16. The Kier molecular flexibility index (Phi) is 8.80. The van der Waals surface area contributed by atoms with E-state index in [1.54, 1.807) is 6.08 Å². The van der Waals surface area contributed by atoms with Crippen LogP contribution >= 0.6 is 0 Å². The standard InChI is InChI=1S/C27H28AsNO7/c1-18-14-22(15-19(2)27(18)35-17-21-8-5-4-6-9-21)10-7-11-26(32)36-28(33,34)24-13-12-23(31)16-25(24)29-20(3)30/h4-9,11-16,31H,10,17H2,1-3H3,(H,29,30)(H,33,34). The zero-order valence-corrected chi connectivity index (χ0v) is 22.1. The molecule has 3 aromatic carbocycles. The Balaban J connectivity index is 1.64. The second-order valence-electron chi connectivity index (χ2n) is 8.25. The molecule has 0 aliphatic heterocycles. The number of carbonyl (C=O) groups excluding carboxylic acids is 2. The number of hydrogen-bond acceptors (Lipinski definition) is 6. The number of aryl methyl sites for hydroxylation is 2. The van der Waals surface area contributed by atoms with Gasteiger partial charge in [0.05, 0.1) is 0 Å².